The molecule has 1 aromatic carbocycles. The first-order valence-corrected chi connectivity index (χ1v) is 7.71. The van der Waals surface area contributed by atoms with Gasteiger partial charge in [0.2, 0.25) is 0 Å². The van der Waals surface area contributed by atoms with Crippen LogP contribution in [-0.4, -0.2) is 12.2 Å². The summed E-state index contributed by atoms with van der Waals surface area (Å²) in [6.45, 7) is 12.5. The Hall–Kier alpha value is -1.13. The Labute approximate surface area is 166 Å². The number of hydrogen-bond donors (Lipinski definition) is 1. The zero-order chi connectivity index (χ0) is 17.0. The first-order chi connectivity index (χ1) is 10.1. The third-order valence-corrected chi connectivity index (χ3v) is 3.52. The molecule has 2 nitrogen and oxygen atoms in total. The number of hydrogen-bond acceptors (Lipinski definition) is 2. The zero-order valence-corrected chi connectivity index (χ0v) is 17.8. The van der Waals surface area contributed by atoms with Gasteiger partial charge in [0.25, 0.3) is 0 Å². The monoisotopic (exact) mass is 389 g/mol. The summed E-state index contributed by atoms with van der Waals surface area (Å²) in [4.78, 5) is 0. The molecule has 25 heavy (non-hydrogen) atoms. The Bertz CT molecular complexity index is 523. The molecule has 0 saturated heterocycles. The largest absolute Gasteiger partial charge is 0.507 e. The molecule has 0 aliphatic heterocycles. The summed E-state index contributed by atoms with van der Waals surface area (Å²) in [7, 11) is 1.66. The van der Waals surface area contributed by atoms with Crippen LogP contribution in [0.4, 0.5) is 9.41 Å². The molecule has 5 heteroatoms. The van der Waals surface area contributed by atoms with E-state index in [9.17, 15) is 5.11 Å². The van der Waals surface area contributed by atoms with Gasteiger partial charge in [-0.05, 0) is 23.0 Å². The number of rotatable bonds is 1. The van der Waals surface area contributed by atoms with Gasteiger partial charge < -0.3 is 9.84 Å². The minimum Gasteiger partial charge on any atom is -0.507 e. The van der Waals surface area contributed by atoms with Gasteiger partial charge in [-0.1, -0.05) is 41.5 Å². The van der Waals surface area contributed by atoms with Gasteiger partial charge in [0, 0.05) is 32.8 Å². The molecule has 1 aliphatic rings. The number of halogens is 2. The van der Waals surface area contributed by atoms with E-state index in [0.717, 1.165) is 23.3 Å². The molecule has 0 spiro atoms. The summed E-state index contributed by atoms with van der Waals surface area (Å²) in [5, 5.41) is 10.4. The molecule has 0 aromatic heterocycles. The molecule has 0 radical (unpaired) electrons. The van der Waals surface area contributed by atoms with Crippen LogP contribution >= 0.6 is 0 Å². The zero-order valence-electron chi connectivity index (χ0n) is 16.3. The van der Waals surface area contributed by atoms with Gasteiger partial charge in [-0.3, -0.25) is 15.5 Å². The number of phenols is 1. The van der Waals surface area contributed by atoms with Gasteiger partial charge in [-0.2, -0.15) is 6.08 Å². The van der Waals surface area contributed by atoms with Crippen molar-refractivity contribution < 1.29 is 41.0 Å². The summed E-state index contributed by atoms with van der Waals surface area (Å²) in [5.41, 5.74) is 1.67. The predicted molar refractivity (Wildman–Crippen MR) is 98.6 cm³/mol. The van der Waals surface area contributed by atoms with Crippen molar-refractivity contribution in [1.82, 2.24) is 0 Å². The van der Waals surface area contributed by atoms with E-state index < -0.39 is 0 Å². The third kappa shape index (κ3) is 8.69. The number of methoxy groups -OCH3 is 1. The number of ether oxygens (including phenoxy) is 1. The second-order valence-corrected chi connectivity index (χ2v) is 7.57. The Morgan fingerprint density at radius 2 is 1.40 bits per heavy atom. The van der Waals surface area contributed by atoms with Crippen LogP contribution in [0.5, 0.6) is 11.5 Å². The van der Waals surface area contributed by atoms with Gasteiger partial charge in [0.15, 0.2) is 0 Å². The Morgan fingerprint density at radius 3 is 1.60 bits per heavy atom. The van der Waals surface area contributed by atoms with E-state index in [1.54, 1.807) is 7.11 Å². The average molecular weight is 389 g/mol. The van der Waals surface area contributed by atoms with Gasteiger partial charge >= 0.3 is 0 Å². The fourth-order valence-corrected chi connectivity index (χ4v) is 2.21. The van der Waals surface area contributed by atoms with Gasteiger partial charge in [0.05, 0.1) is 7.11 Å². The molecule has 0 heterocycles. The van der Waals surface area contributed by atoms with E-state index in [1.807, 2.05) is 24.3 Å². The van der Waals surface area contributed by atoms with Crippen LogP contribution in [0.1, 0.15) is 59.1 Å². The summed E-state index contributed by atoms with van der Waals surface area (Å²) in [5.74, 6) is 1.20. The van der Waals surface area contributed by atoms with Crippen LogP contribution in [-0.2, 0) is 32.5 Å². The van der Waals surface area contributed by atoms with E-state index in [-0.39, 0.29) is 42.0 Å². The van der Waals surface area contributed by atoms with Crippen LogP contribution in [0.25, 0.3) is 0 Å². The molecule has 0 amide bonds. The standard InChI is InChI=1S/C15H24O2.C5H5.2FH.Ti/c1-14(2,3)11-8-10(17-7)9-12(13(11)16)15(4,5)6;1-2-4-5-3-1;;;/h8-9,16H,1-7H3;1-3H,4H2;2*1H;/q;-1;;;. The Kier molecular flexibility index (Phi) is 13.2. The number of aromatic hydroxyl groups is 1. The molecule has 0 bridgehead atoms. The molecule has 0 atom stereocenters. The summed E-state index contributed by atoms with van der Waals surface area (Å²) < 4.78 is 5.33. The van der Waals surface area contributed by atoms with E-state index in [4.69, 9.17) is 4.74 Å². The van der Waals surface area contributed by atoms with Crippen molar-refractivity contribution >= 4 is 0 Å². The maximum atomic E-state index is 10.4. The summed E-state index contributed by atoms with van der Waals surface area (Å²) >= 11 is 0. The fraction of sp³-hybridized carbons (Fsp3) is 0.500. The second kappa shape index (κ2) is 11.5. The maximum Gasteiger partial charge on any atom is 0.123 e. The molecule has 2 rings (SSSR count). The van der Waals surface area contributed by atoms with Crippen LogP contribution in [0.3, 0.4) is 0 Å². The topological polar surface area (TPSA) is 29.5 Å². The van der Waals surface area contributed by atoms with E-state index in [2.05, 4.69) is 53.7 Å². The first-order valence-electron chi connectivity index (χ1n) is 7.71. The minimum absolute atomic E-state index is 0. The van der Waals surface area contributed by atoms with Crippen molar-refractivity contribution in [3.05, 3.63) is 47.6 Å². The van der Waals surface area contributed by atoms with E-state index >= 15 is 0 Å². The molecule has 0 saturated carbocycles. The van der Waals surface area contributed by atoms with Crippen molar-refractivity contribution in [3.63, 3.8) is 0 Å². The molecule has 0 unspecified atom stereocenters. The van der Waals surface area contributed by atoms with Crippen molar-refractivity contribution in [2.45, 2.75) is 58.8 Å². The normalized spacial score (nSPS) is 12.1. The van der Waals surface area contributed by atoms with Gasteiger partial charge in [-0.15, -0.1) is 6.42 Å². The van der Waals surface area contributed by atoms with Gasteiger partial charge in [0.1, 0.15) is 11.5 Å². The van der Waals surface area contributed by atoms with Crippen molar-refractivity contribution in [2.75, 3.05) is 7.11 Å². The van der Waals surface area contributed by atoms with E-state index in [1.165, 1.54) is 0 Å². The fourth-order valence-electron chi connectivity index (χ4n) is 2.21. The summed E-state index contributed by atoms with van der Waals surface area (Å²) in [6.07, 6.45) is 10.0. The number of allylic oxidation sites excluding steroid dienone is 4. The molecule has 1 aliphatic carbocycles. The van der Waals surface area contributed by atoms with Crippen LogP contribution in [0.2, 0.25) is 0 Å². The smallest absolute Gasteiger partial charge is 0.123 e. The molecule has 1 aromatic rings. The molecule has 142 valence electrons. The predicted octanol–water partition coefficient (Wildman–Crippen LogP) is 5.60. The van der Waals surface area contributed by atoms with Crippen molar-refractivity contribution in [3.8, 4) is 11.5 Å². The van der Waals surface area contributed by atoms with Crippen LogP contribution < -0.4 is 4.74 Å². The Morgan fingerprint density at radius 1 is 0.960 bits per heavy atom. The number of benzene rings is 1. The molecule has 1 N–H and O–H groups in total. The third-order valence-electron chi connectivity index (χ3n) is 3.52. The molecule has 0 fully saturated rings. The molecular weight excluding hydrogens is 358 g/mol. The first kappa shape index (κ1) is 28.7. The van der Waals surface area contributed by atoms with Gasteiger partial charge in [-0.25, -0.2) is 12.2 Å². The quantitative estimate of drug-likeness (QED) is 0.500. The minimum atomic E-state index is -0.0986. The maximum absolute atomic E-state index is 10.4. The van der Waals surface area contributed by atoms with Crippen molar-refractivity contribution in [1.29, 1.82) is 0 Å². The van der Waals surface area contributed by atoms with Crippen LogP contribution in [0, 0.1) is 6.08 Å². The average Bonchev–Trinajstić information content (AvgIpc) is 2.95. The Balaban J connectivity index is -0.000000522. The number of phenolic OH excluding ortho intramolecular Hbond substituents is 1. The van der Waals surface area contributed by atoms with Crippen molar-refractivity contribution in [2.24, 2.45) is 0 Å². The van der Waals surface area contributed by atoms with E-state index in [0.29, 0.717) is 5.75 Å². The SMILES string of the molecule is COc1cc(C(C)(C)C)c(O)c(C(C)(C)C)c1.F.F.[C-]1=CC=CC1.[Ti]. The van der Waals surface area contributed by atoms with Crippen LogP contribution in [0.15, 0.2) is 30.4 Å². The summed E-state index contributed by atoms with van der Waals surface area (Å²) in [6, 6.07) is 3.84. The molecular formula is C20H31F2O2Ti-. The second-order valence-electron chi connectivity index (χ2n) is 7.57.